The number of rotatable bonds is 3. The third kappa shape index (κ3) is 2.06. The van der Waals surface area contributed by atoms with Gasteiger partial charge >= 0.3 is 0 Å². The molecule has 0 saturated heterocycles. The minimum Gasteiger partial charge on any atom is -0.369 e. The van der Waals surface area contributed by atoms with Gasteiger partial charge in [-0.05, 0) is 25.5 Å². The summed E-state index contributed by atoms with van der Waals surface area (Å²) >= 11 is 0. The van der Waals surface area contributed by atoms with E-state index in [4.69, 9.17) is 0 Å². The number of hydrogen-bond acceptors (Lipinski definition) is 3. The van der Waals surface area contributed by atoms with E-state index in [2.05, 4.69) is 22.2 Å². The Morgan fingerprint density at radius 3 is 2.47 bits per heavy atom. The van der Waals surface area contributed by atoms with Crippen LogP contribution in [0.15, 0.2) is 24.3 Å². The Balaban J connectivity index is 2.43. The third-order valence-corrected chi connectivity index (χ3v) is 2.29. The summed E-state index contributed by atoms with van der Waals surface area (Å²) in [6, 6.07) is 7.93. The van der Waals surface area contributed by atoms with Gasteiger partial charge in [0.15, 0.2) is 0 Å². The van der Waals surface area contributed by atoms with E-state index in [1.807, 2.05) is 31.2 Å². The summed E-state index contributed by atoms with van der Waals surface area (Å²) in [5, 5.41) is 3.28. The average Bonchev–Trinajstić information content (AvgIpc) is 2.26. The third-order valence-electron chi connectivity index (χ3n) is 2.29. The van der Waals surface area contributed by atoms with Gasteiger partial charge in [0.05, 0.1) is 16.7 Å². The second-order valence-electron chi connectivity index (χ2n) is 3.57. The van der Waals surface area contributed by atoms with E-state index in [0.29, 0.717) is 0 Å². The normalized spacial score (nSPS) is 10.5. The van der Waals surface area contributed by atoms with Crippen molar-refractivity contribution in [3.63, 3.8) is 0 Å². The topological polar surface area (TPSA) is 37.8 Å². The molecule has 15 heavy (non-hydrogen) atoms. The molecule has 2 rings (SSSR count). The smallest absolute Gasteiger partial charge is 0.148 e. The van der Waals surface area contributed by atoms with E-state index in [1.54, 1.807) is 0 Å². The quantitative estimate of drug-likeness (QED) is 0.829. The zero-order valence-corrected chi connectivity index (χ0v) is 9.12. The van der Waals surface area contributed by atoms with E-state index in [9.17, 15) is 0 Å². The fourth-order valence-electron chi connectivity index (χ4n) is 1.50. The summed E-state index contributed by atoms with van der Waals surface area (Å²) in [6.07, 6.45) is 1.09. The van der Waals surface area contributed by atoms with Gasteiger partial charge in [-0.3, -0.25) is 0 Å². The molecule has 0 fully saturated rings. The van der Waals surface area contributed by atoms with Gasteiger partial charge < -0.3 is 5.32 Å². The van der Waals surface area contributed by atoms with Crippen molar-refractivity contribution in [2.75, 3.05) is 11.9 Å². The van der Waals surface area contributed by atoms with Crippen molar-refractivity contribution < 1.29 is 0 Å². The minimum atomic E-state index is 0.899. The first-order valence-corrected chi connectivity index (χ1v) is 5.28. The van der Waals surface area contributed by atoms with E-state index >= 15 is 0 Å². The van der Waals surface area contributed by atoms with Crippen LogP contribution in [0.1, 0.15) is 19.0 Å². The van der Waals surface area contributed by atoms with Crippen molar-refractivity contribution >= 4 is 16.9 Å². The first kappa shape index (κ1) is 9.90. The largest absolute Gasteiger partial charge is 0.369 e. The minimum absolute atomic E-state index is 0.899. The molecule has 1 N–H and O–H groups in total. The van der Waals surface area contributed by atoms with Gasteiger partial charge in [-0.1, -0.05) is 19.1 Å². The molecular formula is C12H15N3. The van der Waals surface area contributed by atoms with Gasteiger partial charge in [-0.25, -0.2) is 9.97 Å². The highest BCUT2D eigenvalue weighted by molar-refractivity contribution is 5.76. The summed E-state index contributed by atoms with van der Waals surface area (Å²) in [5.41, 5.74) is 2.86. The lowest BCUT2D eigenvalue weighted by molar-refractivity contribution is 0.963. The molecule has 0 atom stereocenters. The maximum Gasteiger partial charge on any atom is 0.148 e. The number of anilines is 1. The number of aryl methyl sites for hydroxylation is 1. The van der Waals surface area contributed by atoms with Crippen LogP contribution in [-0.4, -0.2) is 16.5 Å². The summed E-state index contributed by atoms with van der Waals surface area (Å²) in [5.74, 6) is 0.899. The Morgan fingerprint density at radius 2 is 1.80 bits per heavy atom. The Bertz CT molecular complexity index is 465. The number of fused-ring (bicyclic) bond motifs is 1. The van der Waals surface area contributed by atoms with Gasteiger partial charge in [0.1, 0.15) is 5.82 Å². The highest BCUT2D eigenvalue weighted by Gasteiger charge is 2.02. The molecule has 0 aliphatic heterocycles. The number of hydrogen-bond donors (Lipinski definition) is 1. The number of nitrogens with zero attached hydrogens (tertiary/aromatic N) is 2. The molecular weight excluding hydrogens is 186 g/mol. The van der Waals surface area contributed by atoms with Gasteiger partial charge in [-0.2, -0.15) is 0 Å². The molecule has 0 saturated carbocycles. The van der Waals surface area contributed by atoms with Crippen molar-refractivity contribution in [2.45, 2.75) is 20.3 Å². The highest BCUT2D eigenvalue weighted by atomic mass is 15.0. The van der Waals surface area contributed by atoms with Crippen LogP contribution in [-0.2, 0) is 0 Å². The molecule has 0 aliphatic rings. The Labute approximate surface area is 89.6 Å². The van der Waals surface area contributed by atoms with Crippen LogP contribution in [0.5, 0.6) is 0 Å². The zero-order chi connectivity index (χ0) is 10.7. The van der Waals surface area contributed by atoms with Crippen molar-refractivity contribution in [3.05, 3.63) is 30.0 Å². The molecule has 0 radical (unpaired) electrons. The van der Waals surface area contributed by atoms with Crippen molar-refractivity contribution in [2.24, 2.45) is 0 Å². The Morgan fingerprint density at radius 1 is 1.13 bits per heavy atom. The first-order valence-electron chi connectivity index (χ1n) is 5.28. The molecule has 0 spiro atoms. The molecule has 0 unspecified atom stereocenters. The van der Waals surface area contributed by atoms with Crippen LogP contribution in [0.4, 0.5) is 5.82 Å². The van der Waals surface area contributed by atoms with Crippen molar-refractivity contribution in [3.8, 4) is 0 Å². The van der Waals surface area contributed by atoms with Gasteiger partial charge in [0, 0.05) is 6.54 Å². The summed E-state index contributed by atoms with van der Waals surface area (Å²) in [7, 11) is 0. The maximum atomic E-state index is 4.54. The highest BCUT2D eigenvalue weighted by Crippen LogP contribution is 2.15. The van der Waals surface area contributed by atoms with Crippen molar-refractivity contribution in [1.29, 1.82) is 0 Å². The maximum absolute atomic E-state index is 4.54. The lowest BCUT2D eigenvalue weighted by Gasteiger charge is -2.07. The van der Waals surface area contributed by atoms with Gasteiger partial charge in [0.25, 0.3) is 0 Å². The van der Waals surface area contributed by atoms with Crippen LogP contribution in [0.25, 0.3) is 11.0 Å². The summed E-state index contributed by atoms with van der Waals surface area (Å²) in [6.45, 7) is 5.06. The van der Waals surface area contributed by atoms with Crippen LogP contribution >= 0.6 is 0 Å². The van der Waals surface area contributed by atoms with E-state index in [0.717, 1.165) is 35.5 Å². The molecule has 2 aromatic rings. The number of nitrogens with one attached hydrogen (secondary N) is 1. The van der Waals surface area contributed by atoms with Crippen LogP contribution in [0.3, 0.4) is 0 Å². The lowest BCUT2D eigenvalue weighted by Crippen LogP contribution is -2.05. The molecule has 78 valence electrons. The van der Waals surface area contributed by atoms with Gasteiger partial charge in [0.2, 0.25) is 0 Å². The second kappa shape index (κ2) is 4.26. The SMILES string of the molecule is CCCNc1nc2ccccc2nc1C. The van der Waals surface area contributed by atoms with E-state index in [-0.39, 0.29) is 0 Å². The molecule has 1 aromatic carbocycles. The fourth-order valence-corrected chi connectivity index (χ4v) is 1.50. The number of para-hydroxylation sites is 2. The molecule has 1 heterocycles. The van der Waals surface area contributed by atoms with E-state index in [1.165, 1.54) is 0 Å². The zero-order valence-electron chi connectivity index (χ0n) is 9.12. The average molecular weight is 201 g/mol. The molecule has 0 bridgehead atoms. The summed E-state index contributed by atoms with van der Waals surface area (Å²) < 4.78 is 0. The second-order valence-corrected chi connectivity index (χ2v) is 3.57. The monoisotopic (exact) mass is 201 g/mol. The summed E-state index contributed by atoms with van der Waals surface area (Å²) in [4.78, 5) is 9.04. The lowest BCUT2D eigenvalue weighted by atomic mass is 10.3. The van der Waals surface area contributed by atoms with Crippen LogP contribution in [0.2, 0.25) is 0 Å². The van der Waals surface area contributed by atoms with Gasteiger partial charge in [-0.15, -0.1) is 0 Å². The fraction of sp³-hybridized carbons (Fsp3) is 0.333. The molecule has 1 aromatic heterocycles. The van der Waals surface area contributed by atoms with Crippen LogP contribution in [0, 0.1) is 6.92 Å². The predicted molar refractivity (Wildman–Crippen MR) is 63.1 cm³/mol. The predicted octanol–water partition coefficient (Wildman–Crippen LogP) is 2.76. The number of aromatic nitrogens is 2. The first-order chi connectivity index (χ1) is 7.31. The molecule has 0 aliphatic carbocycles. The molecule has 3 heteroatoms. The van der Waals surface area contributed by atoms with Crippen molar-refractivity contribution in [1.82, 2.24) is 9.97 Å². The standard InChI is InChI=1S/C12H15N3/c1-3-8-13-12-9(2)14-10-6-4-5-7-11(10)15-12/h4-7H,3,8H2,1-2H3,(H,13,15). The molecule has 3 nitrogen and oxygen atoms in total. The Hall–Kier alpha value is -1.64. The van der Waals surface area contributed by atoms with Crippen LogP contribution < -0.4 is 5.32 Å². The Kier molecular flexibility index (Phi) is 2.81. The van der Waals surface area contributed by atoms with E-state index < -0.39 is 0 Å². The molecule has 0 amide bonds. The number of benzene rings is 1.